The summed E-state index contributed by atoms with van der Waals surface area (Å²) in [5.41, 5.74) is 1.67. The normalized spacial score (nSPS) is 10.2. The topological polar surface area (TPSA) is 49.3 Å². The smallest absolute Gasteiger partial charge is 0.259 e. The number of para-hydroxylation sites is 1. The van der Waals surface area contributed by atoms with Crippen LogP contribution in [0.15, 0.2) is 46.9 Å². The van der Waals surface area contributed by atoms with Crippen molar-refractivity contribution < 1.29 is 9.90 Å². The van der Waals surface area contributed by atoms with Crippen molar-refractivity contribution in [3.05, 3.63) is 58.1 Å². The van der Waals surface area contributed by atoms with Crippen LogP contribution in [-0.4, -0.2) is 11.0 Å². The van der Waals surface area contributed by atoms with E-state index in [0.29, 0.717) is 11.6 Å². The molecule has 0 saturated carbocycles. The summed E-state index contributed by atoms with van der Waals surface area (Å²) in [6.07, 6.45) is 0. The molecule has 0 aliphatic rings. The number of carbonyl (C=O) groups excluding carboxylic acids is 1. The van der Waals surface area contributed by atoms with E-state index >= 15 is 0 Å². The van der Waals surface area contributed by atoms with E-state index in [1.165, 1.54) is 6.07 Å². The first-order chi connectivity index (χ1) is 9.11. The van der Waals surface area contributed by atoms with Crippen molar-refractivity contribution in [1.29, 1.82) is 0 Å². The van der Waals surface area contributed by atoms with Gasteiger partial charge in [-0.3, -0.25) is 4.79 Å². The molecule has 5 heteroatoms. The van der Waals surface area contributed by atoms with E-state index in [4.69, 9.17) is 11.6 Å². The van der Waals surface area contributed by atoms with Crippen molar-refractivity contribution in [3.63, 3.8) is 0 Å². The van der Waals surface area contributed by atoms with Crippen LogP contribution in [0.5, 0.6) is 5.75 Å². The van der Waals surface area contributed by atoms with Gasteiger partial charge in [-0.2, -0.15) is 0 Å². The number of hydrogen-bond donors (Lipinski definition) is 2. The fourth-order valence-electron chi connectivity index (χ4n) is 1.64. The van der Waals surface area contributed by atoms with Gasteiger partial charge in [-0.05, 0) is 29.8 Å². The molecule has 0 bridgehead atoms. The lowest BCUT2D eigenvalue weighted by Crippen LogP contribution is -2.13. The predicted molar refractivity (Wildman–Crippen MR) is 79.8 cm³/mol. The molecule has 0 spiro atoms. The summed E-state index contributed by atoms with van der Waals surface area (Å²) >= 11 is 9.08. The summed E-state index contributed by atoms with van der Waals surface area (Å²) in [4.78, 5) is 12.1. The number of aromatic hydroxyl groups is 1. The first-order valence-corrected chi connectivity index (χ1v) is 6.88. The number of alkyl halides is 1. The lowest BCUT2D eigenvalue weighted by molar-refractivity contribution is 0.102. The number of anilines is 1. The quantitative estimate of drug-likeness (QED) is 0.825. The second-order valence-corrected chi connectivity index (χ2v) is 5.09. The highest BCUT2D eigenvalue weighted by atomic mass is 79.9. The molecule has 0 fully saturated rings. The van der Waals surface area contributed by atoms with E-state index in [0.717, 1.165) is 10.0 Å². The van der Waals surface area contributed by atoms with Crippen LogP contribution in [0.4, 0.5) is 5.69 Å². The van der Waals surface area contributed by atoms with Gasteiger partial charge in [-0.25, -0.2) is 0 Å². The van der Waals surface area contributed by atoms with E-state index in [1.54, 1.807) is 18.2 Å². The summed E-state index contributed by atoms with van der Waals surface area (Å²) in [6.45, 7) is 0. The average molecular weight is 341 g/mol. The van der Waals surface area contributed by atoms with Crippen LogP contribution < -0.4 is 5.32 Å². The molecule has 0 radical (unpaired) electrons. The van der Waals surface area contributed by atoms with Gasteiger partial charge in [0.05, 0.1) is 5.56 Å². The maximum Gasteiger partial charge on any atom is 0.259 e. The first-order valence-electron chi connectivity index (χ1n) is 5.55. The largest absolute Gasteiger partial charge is 0.507 e. The molecule has 98 valence electrons. The fourth-order valence-corrected chi connectivity index (χ4v) is 2.23. The second-order valence-electron chi connectivity index (χ2n) is 3.91. The van der Waals surface area contributed by atoms with Crippen molar-refractivity contribution in [2.24, 2.45) is 0 Å². The van der Waals surface area contributed by atoms with Crippen molar-refractivity contribution in [3.8, 4) is 5.75 Å². The Morgan fingerprint density at radius 3 is 2.74 bits per heavy atom. The molecular weight excluding hydrogens is 330 g/mol. The molecule has 0 aromatic heterocycles. The van der Waals surface area contributed by atoms with Gasteiger partial charge in [0.2, 0.25) is 0 Å². The Hall–Kier alpha value is -1.52. The third-order valence-electron chi connectivity index (χ3n) is 2.61. The van der Waals surface area contributed by atoms with Gasteiger partial charge in [-0.15, -0.1) is 11.6 Å². The van der Waals surface area contributed by atoms with E-state index < -0.39 is 0 Å². The van der Waals surface area contributed by atoms with Crippen LogP contribution in [0.25, 0.3) is 0 Å². The molecule has 2 N–H and O–H groups in total. The Labute approximate surface area is 124 Å². The summed E-state index contributed by atoms with van der Waals surface area (Å²) in [6, 6.07) is 12.0. The van der Waals surface area contributed by atoms with Crippen LogP contribution in [0.1, 0.15) is 15.9 Å². The molecule has 0 atom stereocenters. The number of amides is 1. The standard InChI is InChI=1S/C14H11BrClNO2/c15-10-5-6-13(18)11(7-10)14(19)17-12-4-2-1-3-9(12)8-16/h1-7,18H,8H2,(H,17,19). The SMILES string of the molecule is O=C(Nc1ccccc1CCl)c1cc(Br)ccc1O. The average Bonchev–Trinajstić information content (AvgIpc) is 2.42. The number of phenols is 1. The van der Waals surface area contributed by atoms with E-state index in [-0.39, 0.29) is 17.2 Å². The zero-order valence-corrected chi connectivity index (χ0v) is 12.2. The minimum atomic E-state index is -0.378. The summed E-state index contributed by atoms with van der Waals surface area (Å²) in [5.74, 6) is -0.138. The second kappa shape index (κ2) is 6.08. The third kappa shape index (κ3) is 3.28. The van der Waals surface area contributed by atoms with Crippen LogP contribution in [0, 0.1) is 0 Å². The Kier molecular flexibility index (Phi) is 4.45. The van der Waals surface area contributed by atoms with Gasteiger partial charge in [-0.1, -0.05) is 34.1 Å². The maximum absolute atomic E-state index is 12.1. The molecule has 0 aliphatic heterocycles. The monoisotopic (exact) mass is 339 g/mol. The van der Waals surface area contributed by atoms with Gasteiger partial charge in [0.15, 0.2) is 0 Å². The molecule has 19 heavy (non-hydrogen) atoms. The lowest BCUT2D eigenvalue weighted by Gasteiger charge is -2.10. The number of rotatable bonds is 3. The van der Waals surface area contributed by atoms with Crippen molar-refractivity contribution >= 4 is 39.1 Å². The molecule has 2 aromatic carbocycles. The van der Waals surface area contributed by atoms with Gasteiger partial charge >= 0.3 is 0 Å². The minimum Gasteiger partial charge on any atom is -0.507 e. The molecule has 2 aromatic rings. The predicted octanol–water partition coefficient (Wildman–Crippen LogP) is 4.15. The van der Waals surface area contributed by atoms with E-state index in [9.17, 15) is 9.90 Å². The number of halogens is 2. The number of nitrogens with one attached hydrogen (secondary N) is 1. The fraction of sp³-hybridized carbons (Fsp3) is 0.0714. The highest BCUT2D eigenvalue weighted by molar-refractivity contribution is 9.10. The Bertz CT molecular complexity index is 616. The minimum absolute atomic E-state index is 0.0657. The van der Waals surface area contributed by atoms with Gasteiger partial charge in [0.1, 0.15) is 5.75 Å². The Morgan fingerprint density at radius 1 is 1.26 bits per heavy atom. The van der Waals surface area contributed by atoms with Gasteiger partial charge in [0, 0.05) is 16.0 Å². The Morgan fingerprint density at radius 2 is 2.00 bits per heavy atom. The summed E-state index contributed by atoms with van der Waals surface area (Å²) in [7, 11) is 0. The molecule has 0 heterocycles. The summed E-state index contributed by atoms with van der Waals surface area (Å²) in [5, 5.41) is 12.4. The summed E-state index contributed by atoms with van der Waals surface area (Å²) < 4.78 is 0.723. The van der Waals surface area contributed by atoms with Crippen LogP contribution in [-0.2, 0) is 5.88 Å². The van der Waals surface area contributed by atoms with E-state index in [1.807, 2.05) is 18.2 Å². The van der Waals surface area contributed by atoms with Gasteiger partial charge < -0.3 is 10.4 Å². The molecule has 0 saturated heterocycles. The zero-order valence-electron chi connectivity index (χ0n) is 9.86. The zero-order chi connectivity index (χ0) is 13.8. The van der Waals surface area contributed by atoms with E-state index in [2.05, 4.69) is 21.2 Å². The molecular formula is C14H11BrClNO2. The van der Waals surface area contributed by atoms with Crippen LogP contribution >= 0.6 is 27.5 Å². The molecule has 1 amide bonds. The third-order valence-corrected chi connectivity index (χ3v) is 3.39. The number of hydrogen-bond acceptors (Lipinski definition) is 2. The molecule has 2 rings (SSSR count). The first kappa shape index (κ1) is 13.9. The Balaban J connectivity index is 2.28. The number of phenolic OH excluding ortho intramolecular Hbond substituents is 1. The highest BCUT2D eigenvalue weighted by Crippen LogP contribution is 2.24. The van der Waals surface area contributed by atoms with Crippen LogP contribution in [0.3, 0.4) is 0 Å². The maximum atomic E-state index is 12.1. The van der Waals surface area contributed by atoms with Crippen molar-refractivity contribution in [2.75, 3.05) is 5.32 Å². The highest BCUT2D eigenvalue weighted by Gasteiger charge is 2.13. The molecule has 0 unspecified atom stereocenters. The van der Waals surface area contributed by atoms with Crippen molar-refractivity contribution in [2.45, 2.75) is 5.88 Å². The molecule has 0 aliphatic carbocycles. The van der Waals surface area contributed by atoms with Crippen molar-refractivity contribution in [1.82, 2.24) is 0 Å². The van der Waals surface area contributed by atoms with Crippen LogP contribution in [0.2, 0.25) is 0 Å². The molecule has 3 nitrogen and oxygen atoms in total. The lowest BCUT2D eigenvalue weighted by atomic mass is 10.1. The number of carbonyl (C=O) groups is 1. The van der Waals surface area contributed by atoms with Gasteiger partial charge in [0.25, 0.3) is 5.91 Å². The number of benzene rings is 2.